The summed E-state index contributed by atoms with van der Waals surface area (Å²) in [7, 11) is 0. The highest BCUT2D eigenvalue weighted by Crippen LogP contribution is 2.03. The lowest BCUT2D eigenvalue weighted by Gasteiger charge is -2.21. The third kappa shape index (κ3) is 12.4. The molecule has 10 N–H and O–H groups in total. The number of hydrogen-bond donors (Lipinski definition) is 8. The van der Waals surface area contributed by atoms with Gasteiger partial charge in [-0.25, -0.2) is 4.79 Å². The number of aliphatic carboxylic acids is 3. The van der Waals surface area contributed by atoms with E-state index in [0.717, 1.165) is 0 Å². The summed E-state index contributed by atoms with van der Waals surface area (Å²) in [5.74, 6) is -7.80. The summed E-state index contributed by atoms with van der Waals surface area (Å²) in [6, 6.07) is -4.37. The minimum Gasteiger partial charge on any atom is -0.481 e. The molecule has 174 valence electrons. The van der Waals surface area contributed by atoms with E-state index in [1.165, 1.54) is 0 Å². The number of amides is 4. The molecule has 0 aliphatic heterocycles. The molecule has 0 aliphatic rings. The molecule has 4 amide bonds. The molecule has 0 saturated carbocycles. The van der Waals surface area contributed by atoms with Crippen molar-refractivity contribution in [3.05, 3.63) is 0 Å². The highest BCUT2D eigenvalue weighted by molar-refractivity contribution is 5.93. The summed E-state index contributed by atoms with van der Waals surface area (Å²) < 4.78 is 0. The predicted molar refractivity (Wildman–Crippen MR) is 100 cm³/mol. The number of carbonyl (C=O) groups excluding carboxylic acids is 4. The van der Waals surface area contributed by atoms with Crippen LogP contribution in [0.5, 0.6) is 0 Å². The molecular weight excluding hydrogens is 422 g/mol. The Bertz CT molecular complexity index is 726. The monoisotopic (exact) mass is 447 g/mol. The van der Waals surface area contributed by atoms with Crippen LogP contribution in [-0.2, 0) is 33.6 Å². The van der Waals surface area contributed by atoms with E-state index >= 15 is 0 Å². The van der Waals surface area contributed by atoms with E-state index in [-0.39, 0.29) is 0 Å². The Morgan fingerprint density at radius 2 is 1.29 bits per heavy atom. The Morgan fingerprint density at radius 3 is 1.74 bits per heavy atom. The third-order valence-electron chi connectivity index (χ3n) is 3.74. The van der Waals surface area contributed by atoms with Gasteiger partial charge in [-0.3, -0.25) is 28.8 Å². The Kier molecular flexibility index (Phi) is 11.8. The first-order valence-electron chi connectivity index (χ1n) is 8.91. The van der Waals surface area contributed by atoms with Crippen LogP contribution in [0.4, 0.5) is 0 Å². The molecule has 0 aromatic carbocycles. The number of carbonyl (C=O) groups is 7. The van der Waals surface area contributed by atoms with E-state index < -0.39 is 98.3 Å². The Hall–Kier alpha value is -3.75. The van der Waals surface area contributed by atoms with Crippen LogP contribution >= 0.6 is 0 Å². The highest BCUT2D eigenvalue weighted by Gasteiger charge is 2.27. The number of carboxylic acid groups (broad SMARTS) is 3. The van der Waals surface area contributed by atoms with E-state index in [4.69, 9.17) is 26.8 Å². The summed E-state index contributed by atoms with van der Waals surface area (Å²) in [5.41, 5.74) is 10.3. The quantitative estimate of drug-likeness (QED) is 0.120. The molecule has 0 bridgehead atoms. The van der Waals surface area contributed by atoms with Crippen molar-refractivity contribution in [1.29, 1.82) is 0 Å². The fourth-order valence-electron chi connectivity index (χ4n) is 2.19. The van der Waals surface area contributed by atoms with Crippen LogP contribution in [0, 0.1) is 0 Å². The summed E-state index contributed by atoms with van der Waals surface area (Å²) in [4.78, 5) is 79.3. The number of hydrogen-bond acceptors (Lipinski definition) is 8. The number of carboxylic acids is 3. The molecule has 15 nitrogen and oxygen atoms in total. The smallest absolute Gasteiger partial charge is 0.326 e. The maximum Gasteiger partial charge on any atom is 0.326 e. The molecule has 0 aromatic heterocycles. The van der Waals surface area contributed by atoms with E-state index in [1.807, 2.05) is 5.32 Å². The van der Waals surface area contributed by atoms with Crippen molar-refractivity contribution in [2.24, 2.45) is 11.5 Å². The molecule has 3 atom stereocenters. The van der Waals surface area contributed by atoms with Crippen molar-refractivity contribution < 1.29 is 48.9 Å². The molecule has 0 heterocycles. The summed E-state index contributed by atoms with van der Waals surface area (Å²) >= 11 is 0. The molecule has 0 radical (unpaired) electrons. The lowest BCUT2D eigenvalue weighted by molar-refractivity contribution is -0.144. The van der Waals surface area contributed by atoms with Gasteiger partial charge in [0, 0.05) is 12.8 Å². The van der Waals surface area contributed by atoms with Crippen LogP contribution in [0.25, 0.3) is 0 Å². The zero-order valence-corrected chi connectivity index (χ0v) is 16.3. The molecule has 3 unspecified atom stereocenters. The Balaban J connectivity index is 5.01. The lowest BCUT2D eigenvalue weighted by atomic mass is 10.1. The molecule has 0 aliphatic carbocycles. The lowest BCUT2D eigenvalue weighted by Crippen LogP contribution is -2.54. The number of nitrogens with two attached hydrogens (primary N) is 2. The first-order valence-corrected chi connectivity index (χ1v) is 8.91. The molecule has 0 spiro atoms. The van der Waals surface area contributed by atoms with Gasteiger partial charge in [-0.2, -0.15) is 0 Å². The average Bonchev–Trinajstić information content (AvgIpc) is 2.64. The van der Waals surface area contributed by atoms with Crippen LogP contribution in [0.2, 0.25) is 0 Å². The Labute approximate surface area is 175 Å². The van der Waals surface area contributed by atoms with Gasteiger partial charge in [0.1, 0.15) is 12.1 Å². The van der Waals surface area contributed by atoms with Crippen LogP contribution in [0.15, 0.2) is 0 Å². The third-order valence-corrected chi connectivity index (χ3v) is 3.74. The molecule has 31 heavy (non-hydrogen) atoms. The molecule has 0 rings (SSSR count). The number of nitrogens with one attached hydrogen (secondary N) is 3. The van der Waals surface area contributed by atoms with Crippen molar-refractivity contribution >= 4 is 41.5 Å². The SMILES string of the molecule is NC(=O)CC(N)C(=O)NCC(=O)NC(CCC(=O)O)C(=O)NC(CCC(=O)O)C(=O)O. The first kappa shape index (κ1) is 27.2. The second-order valence-corrected chi connectivity index (χ2v) is 6.38. The van der Waals surface area contributed by atoms with Gasteiger partial charge in [-0.05, 0) is 12.8 Å². The fourth-order valence-corrected chi connectivity index (χ4v) is 2.19. The molecule has 0 fully saturated rings. The van der Waals surface area contributed by atoms with Gasteiger partial charge < -0.3 is 42.7 Å². The standard InChI is InChI=1S/C16H25N5O10/c17-7(5-10(18)22)14(28)19-6-11(23)20-8(1-3-12(24)25)15(29)21-9(16(30)31)2-4-13(26)27/h7-9H,1-6,17H2,(H2,18,22)(H,19,28)(H,20,23)(H,21,29)(H,24,25)(H,26,27)(H,30,31). The highest BCUT2D eigenvalue weighted by atomic mass is 16.4. The molecule has 15 heteroatoms. The minimum atomic E-state index is -1.58. The van der Waals surface area contributed by atoms with Gasteiger partial charge in [0.05, 0.1) is 19.0 Å². The Morgan fingerprint density at radius 1 is 0.774 bits per heavy atom. The molecule has 0 saturated heterocycles. The van der Waals surface area contributed by atoms with Crippen molar-refractivity contribution in [2.45, 2.75) is 50.2 Å². The molecular formula is C16H25N5O10. The van der Waals surface area contributed by atoms with Gasteiger partial charge in [0.25, 0.3) is 0 Å². The second kappa shape index (κ2) is 13.5. The minimum absolute atomic E-state index is 0.409. The van der Waals surface area contributed by atoms with Crippen LogP contribution in [0.1, 0.15) is 32.1 Å². The van der Waals surface area contributed by atoms with Gasteiger partial charge in [0.2, 0.25) is 23.6 Å². The van der Waals surface area contributed by atoms with E-state index in [9.17, 15) is 33.6 Å². The van der Waals surface area contributed by atoms with E-state index in [1.54, 1.807) is 0 Å². The predicted octanol–water partition coefficient (Wildman–Crippen LogP) is -3.91. The summed E-state index contributed by atoms with van der Waals surface area (Å²) in [5, 5.41) is 32.8. The van der Waals surface area contributed by atoms with E-state index in [0.29, 0.717) is 0 Å². The zero-order chi connectivity index (χ0) is 24.1. The van der Waals surface area contributed by atoms with E-state index in [2.05, 4.69) is 10.6 Å². The van der Waals surface area contributed by atoms with Crippen molar-refractivity contribution in [3.8, 4) is 0 Å². The van der Waals surface area contributed by atoms with Gasteiger partial charge in [-0.1, -0.05) is 0 Å². The van der Waals surface area contributed by atoms with Gasteiger partial charge in [-0.15, -0.1) is 0 Å². The van der Waals surface area contributed by atoms with Gasteiger partial charge in [0.15, 0.2) is 0 Å². The first-order chi connectivity index (χ1) is 14.3. The zero-order valence-electron chi connectivity index (χ0n) is 16.3. The number of primary amides is 1. The molecule has 0 aromatic rings. The summed E-state index contributed by atoms with van der Waals surface area (Å²) in [6.07, 6.45) is -2.43. The second-order valence-electron chi connectivity index (χ2n) is 6.38. The average molecular weight is 447 g/mol. The van der Waals surface area contributed by atoms with Crippen LogP contribution < -0.4 is 27.4 Å². The fraction of sp³-hybridized carbons (Fsp3) is 0.562. The number of rotatable bonds is 15. The maximum absolute atomic E-state index is 12.3. The van der Waals surface area contributed by atoms with Crippen molar-refractivity contribution in [3.63, 3.8) is 0 Å². The summed E-state index contributed by atoms with van der Waals surface area (Å²) in [6.45, 7) is -0.677. The largest absolute Gasteiger partial charge is 0.481 e. The van der Waals surface area contributed by atoms with Crippen molar-refractivity contribution in [1.82, 2.24) is 16.0 Å². The van der Waals surface area contributed by atoms with Crippen LogP contribution in [0.3, 0.4) is 0 Å². The maximum atomic E-state index is 12.3. The van der Waals surface area contributed by atoms with Crippen molar-refractivity contribution in [2.75, 3.05) is 6.54 Å². The topological polar surface area (TPSA) is 268 Å². The van der Waals surface area contributed by atoms with Crippen LogP contribution in [-0.4, -0.2) is 81.5 Å². The van der Waals surface area contributed by atoms with Gasteiger partial charge >= 0.3 is 17.9 Å². The normalized spacial score (nSPS) is 13.2.